The second-order valence-electron chi connectivity index (χ2n) is 5.78. The van der Waals surface area contributed by atoms with E-state index in [4.69, 9.17) is 0 Å². The lowest BCUT2D eigenvalue weighted by Gasteiger charge is -2.35. The minimum absolute atomic E-state index is 0.383. The van der Waals surface area contributed by atoms with Gasteiger partial charge in [-0.1, -0.05) is 6.92 Å². The topological polar surface area (TPSA) is 32.3 Å². The van der Waals surface area contributed by atoms with Gasteiger partial charge in [0.05, 0.1) is 0 Å². The van der Waals surface area contributed by atoms with E-state index >= 15 is 0 Å². The Morgan fingerprint density at radius 1 is 1.44 bits per heavy atom. The molecule has 1 N–H and O–H groups in total. The van der Waals surface area contributed by atoms with Crippen molar-refractivity contribution in [2.75, 3.05) is 31.1 Å². The number of hydrogen-bond acceptors (Lipinski definition) is 3. The first-order valence-corrected chi connectivity index (χ1v) is 8.42. The van der Waals surface area contributed by atoms with Crippen LogP contribution in [0, 0.1) is 11.8 Å². The fourth-order valence-corrected chi connectivity index (χ4v) is 4.08. The van der Waals surface area contributed by atoms with Gasteiger partial charge >= 0.3 is 0 Å². The van der Waals surface area contributed by atoms with Gasteiger partial charge in [0.2, 0.25) is 5.91 Å². The number of amides is 1. The van der Waals surface area contributed by atoms with Gasteiger partial charge in [0.15, 0.2) is 0 Å². The Kier molecular flexibility index (Phi) is 5.37. The molecule has 0 aromatic rings. The molecular weight excluding hydrogens is 244 g/mol. The molecule has 104 valence electrons. The van der Waals surface area contributed by atoms with Crippen LogP contribution < -0.4 is 5.32 Å². The molecule has 0 aliphatic carbocycles. The highest BCUT2D eigenvalue weighted by atomic mass is 32.2. The van der Waals surface area contributed by atoms with Crippen LogP contribution in [-0.4, -0.2) is 48.0 Å². The highest BCUT2D eigenvalue weighted by molar-refractivity contribution is 7.99. The van der Waals surface area contributed by atoms with Gasteiger partial charge in [0.1, 0.15) is 0 Å². The number of carbonyl (C=O) groups is 1. The standard InChI is InChI=1S/C14H26N2OS/c1-11(13-3-5-15-6-4-13)9-14(17)16-7-8-18-10-12(16)2/h11-13,15H,3-10H2,1-2H3. The molecule has 0 aromatic heterocycles. The predicted molar refractivity (Wildman–Crippen MR) is 77.9 cm³/mol. The van der Waals surface area contributed by atoms with Crippen LogP contribution in [0.1, 0.15) is 33.1 Å². The quantitative estimate of drug-likeness (QED) is 0.851. The van der Waals surface area contributed by atoms with Gasteiger partial charge in [-0.05, 0) is 44.7 Å². The molecule has 2 saturated heterocycles. The molecule has 4 heteroatoms. The molecule has 2 aliphatic rings. The average Bonchev–Trinajstić information content (AvgIpc) is 2.40. The van der Waals surface area contributed by atoms with E-state index in [2.05, 4.69) is 24.1 Å². The summed E-state index contributed by atoms with van der Waals surface area (Å²) in [4.78, 5) is 14.5. The summed E-state index contributed by atoms with van der Waals surface area (Å²) in [6.07, 6.45) is 3.22. The van der Waals surface area contributed by atoms with Crippen molar-refractivity contribution in [3.8, 4) is 0 Å². The summed E-state index contributed by atoms with van der Waals surface area (Å²) >= 11 is 1.97. The van der Waals surface area contributed by atoms with E-state index in [0.29, 0.717) is 17.9 Å². The molecular formula is C14H26N2OS. The Balaban J connectivity index is 1.81. The van der Waals surface area contributed by atoms with Crippen LogP contribution in [0.5, 0.6) is 0 Å². The molecule has 18 heavy (non-hydrogen) atoms. The molecule has 2 rings (SSSR count). The third-order valence-electron chi connectivity index (χ3n) is 4.37. The number of hydrogen-bond donors (Lipinski definition) is 1. The summed E-state index contributed by atoms with van der Waals surface area (Å²) in [5, 5.41) is 3.40. The Morgan fingerprint density at radius 3 is 2.83 bits per heavy atom. The highest BCUT2D eigenvalue weighted by Crippen LogP contribution is 2.26. The third kappa shape index (κ3) is 3.64. The molecule has 0 saturated carbocycles. The largest absolute Gasteiger partial charge is 0.338 e. The van der Waals surface area contributed by atoms with Crippen molar-refractivity contribution in [2.45, 2.75) is 39.2 Å². The van der Waals surface area contributed by atoms with Crippen molar-refractivity contribution in [1.82, 2.24) is 10.2 Å². The summed E-state index contributed by atoms with van der Waals surface area (Å²) in [5.41, 5.74) is 0. The molecule has 2 unspecified atom stereocenters. The molecule has 2 aliphatic heterocycles. The van der Waals surface area contributed by atoms with E-state index in [1.165, 1.54) is 12.8 Å². The van der Waals surface area contributed by atoms with E-state index in [1.54, 1.807) is 0 Å². The lowest BCUT2D eigenvalue weighted by atomic mass is 9.84. The van der Waals surface area contributed by atoms with E-state index < -0.39 is 0 Å². The molecule has 2 fully saturated rings. The van der Waals surface area contributed by atoms with Gasteiger partial charge in [-0.3, -0.25) is 4.79 Å². The van der Waals surface area contributed by atoms with Gasteiger partial charge < -0.3 is 10.2 Å². The number of rotatable bonds is 3. The second-order valence-corrected chi connectivity index (χ2v) is 6.93. The number of thioether (sulfide) groups is 1. The molecule has 1 amide bonds. The molecule has 3 nitrogen and oxygen atoms in total. The van der Waals surface area contributed by atoms with Crippen LogP contribution in [0.2, 0.25) is 0 Å². The molecule has 0 spiro atoms. The molecule has 0 bridgehead atoms. The summed E-state index contributed by atoms with van der Waals surface area (Å²) < 4.78 is 0. The zero-order valence-corrected chi connectivity index (χ0v) is 12.5. The fraction of sp³-hybridized carbons (Fsp3) is 0.929. The van der Waals surface area contributed by atoms with Gasteiger partial charge in [0, 0.05) is 30.5 Å². The van der Waals surface area contributed by atoms with E-state index in [0.717, 1.165) is 43.5 Å². The smallest absolute Gasteiger partial charge is 0.223 e. The molecule has 2 atom stereocenters. The summed E-state index contributed by atoms with van der Waals surface area (Å²) in [7, 11) is 0. The first-order valence-electron chi connectivity index (χ1n) is 7.26. The summed E-state index contributed by atoms with van der Waals surface area (Å²) in [6, 6.07) is 0.427. The van der Waals surface area contributed by atoms with Crippen LogP contribution in [-0.2, 0) is 4.79 Å². The van der Waals surface area contributed by atoms with Gasteiger partial charge in [-0.2, -0.15) is 11.8 Å². The average molecular weight is 270 g/mol. The van der Waals surface area contributed by atoms with Gasteiger partial charge in [-0.25, -0.2) is 0 Å². The van der Waals surface area contributed by atoms with Crippen molar-refractivity contribution < 1.29 is 4.79 Å². The Hall–Kier alpha value is -0.220. The Labute approximate surface area is 115 Å². The maximum absolute atomic E-state index is 12.4. The maximum Gasteiger partial charge on any atom is 0.223 e. The zero-order chi connectivity index (χ0) is 13.0. The van der Waals surface area contributed by atoms with Gasteiger partial charge in [0.25, 0.3) is 0 Å². The van der Waals surface area contributed by atoms with Gasteiger partial charge in [-0.15, -0.1) is 0 Å². The Morgan fingerprint density at radius 2 is 2.17 bits per heavy atom. The van der Waals surface area contributed by atoms with E-state index in [9.17, 15) is 4.79 Å². The summed E-state index contributed by atoms with van der Waals surface area (Å²) in [5.74, 6) is 3.88. The van der Waals surface area contributed by atoms with Crippen LogP contribution >= 0.6 is 11.8 Å². The van der Waals surface area contributed by atoms with Crippen molar-refractivity contribution in [1.29, 1.82) is 0 Å². The van der Waals surface area contributed by atoms with E-state index in [-0.39, 0.29) is 0 Å². The minimum atomic E-state index is 0.383. The monoisotopic (exact) mass is 270 g/mol. The SMILES string of the molecule is CC(CC(=O)N1CCSCC1C)C1CCNCC1. The lowest BCUT2D eigenvalue weighted by molar-refractivity contribution is -0.134. The van der Waals surface area contributed by atoms with Crippen LogP contribution in [0.25, 0.3) is 0 Å². The van der Waals surface area contributed by atoms with Crippen molar-refractivity contribution in [3.63, 3.8) is 0 Å². The third-order valence-corrected chi connectivity index (χ3v) is 5.56. The predicted octanol–water partition coefficient (Wildman–Crippen LogP) is 1.98. The van der Waals surface area contributed by atoms with Crippen molar-refractivity contribution in [2.24, 2.45) is 11.8 Å². The van der Waals surface area contributed by atoms with Crippen LogP contribution in [0.3, 0.4) is 0 Å². The Bertz CT molecular complexity index is 279. The molecule has 2 heterocycles. The fourth-order valence-electron chi connectivity index (χ4n) is 3.07. The summed E-state index contributed by atoms with van der Waals surface area (Å²) in [6.45, 7) is 7.64. The normalized spacial score (nSPS) is 28.1. The second kappa shape index (κ2) is 6.80. The zero-order valence-electron chi connectivity index (χ0n) is 11.7. The minimum Gasteiger partial charge on any atom is -0.338 e. The number of nitrogens with one attached hydrogen (secondary N) is 1. The van der Waals surface area contributed by atoms with Crippen LogP contribution in [0.15, 0.2) is 0 Å². The molecule has 0 radical (unpaired) electrons. The van der Waals surface area contributed by atoms with Crippen LogP contribution in [0.4, 0.5) is 0 Å². The van der Waals surface area contributed by atoms with Crippen molar-refractivity contribution >= 4 is 17.7 Å². The number of piperidine rings is 1. The number of carbonyl (C=O) groups excluding carboxylic acids is 1. The van der Waals surface area contributed by atoms with Crippen molar-refractivity contribution in [3.05, 3.63) is 0 Å². The number of nitrogens with zero attached hydrogens (tertiary/aromatic N) is 1. The lowest BCUT2D eigenvalue weighted by Crippen LogP contribution is -2.45. The first kappa shape index (κ1) is 14.2. The highest BCUT2D eigenvalue weighted by Gasteiger charge is 2.27. The first-order chi connectivity index (χ1) is 8.68. The molecule has 0 aromatic carbocycles. The maximum atomic E-state index is 12.4. The van der Waals surface area contributed by atoms with E-state index in [1.807, 2.05) is 11.8 Å².